The van der Waals surface area contributed by atoms with E-state index in [0.29, 0.717) is 5.56 Å². The van der Waals surface area contributed by atoms with Crippen LogP contribution in [0.3, 0.4) is 0 Å². The molecule has 0 atom stereocenters. The van der Waals surface area contributed by atoms with Crippen LogP contribution in [0.1, 0.15) is 34.5 Å². The second kappa shape index (κ2) is 5.63. The van der Waals surface area contributed by atoms with Crippen LogP contribution >= 0.6 is 0 Å². The topological polar surface area (TPSA) is 30.2 Å². The molecular weight excluding hydrogens is 325 g/mol. The molecule has 4 heteroatoms. The Hall–Kier alpha value is -2.75. The van der Waals surface area contributed by atoms with Gasteiger partial charge in [0.25, 0.3) is 0 Å². The van der Waals surface area contributed by atoms with E-state index in [-0.39, 0.29) is 5.82 Å². The Morgan fingerprint density at radius 3 is 2.85 bits per heavy atom. The number of aromatic nitrogens is 2. The van der Waals surface area contributed by atoms with E-state index in [0.717, 1.165) is 59.8 Å². The van der Waals surface area contributed by atoms with E-state index in [1.54, 1.807) is 6.07 Å². The minimum absolute atomic E-state index is 0.159. The molecule has 0 N–H and O–H groups in total. The molecule has 2 aliphatic rings. The highest BCUT2D eigenvalue weighted by Crippen LogP contribution is 2.38. The molecule has 0 spiro atoms. The first-order chi connectivity index (χ1) is 12.6. The molecule has 0 amide bonds. The van der Waals surface area contributed by atoms with Crippen molar-refractivity contribution in [3.63, 3.8) is 0 Å². The third-order valence-corrected chi connectivity index (χ3v) is 5.50. The highest BCUT2D eigenvalue weighted by molar-refractivity contribution is 5.89. The maximum absolute atomic E-state index is 14.0. The summed E-state index contributed by atoms with van der Waals surface area (Å²) in [6, 6.07) is 10.1. The minimum atomic E-state index is -0.159. The molecule has 130 valence electrons. The second-order valence-corrected chi connectivity index (χ2v) is 7.28. The van der Waals surface area contributed by atoms with Crippen molar-refractivity contribution >= 4 is 6.21 Å². The van der Waals surface area contributed by atoms with E-state index in [2.05, 4.69) is 27.8 Å². The zero-order valence-electron chi connectivity index (χ0n) is 15.0. The Bertz CT molecular complexity index is 1080. The normalized spacial score (nSPS) is 14.7. The van der Waals surface area contributed by atoms with Crippen molar-refractivity contribution in [2.24, 2.45) is 4.99 Å². The standard InChI is InChI=1S/C22H20FN3/c1-13-9-19(23)14(2)8-18(13)21-22(26-7-3-4-20(26)25-21)15-5-6-16-11-24-12-17(16)10-15/h5-6,8-10,12H,3-4,7,11H2,1-2H3. The number of imidazole rings is 1. The third-order valence-electron chi connectivity index (χ3n) is 5.50. The van der Waals surface area contributed by atoms with Crippen LogP contribution in [0.4, 0.5) is 4.39 Å². The number of hydrogen-bond acceptors (Lipinski definition) is 2. The number of nitrogens with zero attached hydrogens (tertiary/aromatic N) is 3. The van der Waals surface area contributed by atoms with Crippen LogP contribution in [0.2, 0.25) is 0 Å². The molecule has 0 unspecified atom stereocenters. The van der Waals surface area contributed by atoms with Gasteiger partial charge in [-0.25, -0.2) is 9.37 Å². The largest absolute Gasteiger partial charge is 0.327 e. The number of fused-ring (bicyclic) bond motifs is 2. The molecule has 2 aliphatic heterocycles. The van der Waals surface area contributed by atoms with Gasteiger partial charge in [0.05, 0.1) is 17.9 Å². The Kier molecular flexibility index (Phi) is 3.36. The van der Waals surface area contributed by atoms with Crippen molar-refractivity contribution in [1.29, 1.82) is 0 Å². The average Bonchev–Trinajstić information content (AvgIpc) is 3.32. The molecule has 0 bridgehead atoms. The van der Waals surface area contributed by atoms with Gasteiger partial charge < -0.3 is 4.57 Å². The van der Waals surface area contributed by atoms with Gasteiger partial charge in [-0.15, -0.1) is 0 Å². The van der Waals surface area contributed by atoms with Gasteiger partial charge in [-0.1, -0.05) is 12.1 Å². The molecule has 3 aromatic rings. The average molecular weight is 345 g/mol. The van der Waals surface area contributed by atoms with Gasteiger partial charge in [0.15, 0.2) is 0 Å². The van der Waals surface area contributed by atoms with Gasteiger partial charge in [-0.3, -0.25) is 4.99 Å². The molecule has 2 aromatic carbocycles. The summed E-state index contributed by atoms with van der Waals surface area (Å²) in [6.45, 7) is 5.53. The number of benzene rings is 2. The summed E-state index contributed by atoms with van der Waals surface area (Å²) < 4.78 is 16.3. The summed E-state index contributed by atoms with van der Waals surface area (Å²) >= 11 is 0. The van der Waals surface area contributed by atoms with Gasteiger partial charge in [0.1, 0.15) is 11.6 Å². The molecule has 0 aliphatic carbocycles. The van der Waals surface area contributed by atoms with Crippen molar-refractivity contribution < 1.29 is 4.39 Å². The molecule has 5 rings (SSSR count). The van der Waals surface area contributed by atoms with E-state index in [1.807, 2.05) is 26.1 Å². The van der Waals surface area contributed by atoms with E-state index in [9.17, 15) is 4.39 Å². The van der Waals surface area contributed by atoms with Gasteiger partial charge >= 0.3 is 0 Å². The van der Waals surface area contributed by atoms with E-state index < -0.39 is 0 Å². The predicted molar refractivity (Wildman–Crippen MR) is 102 cm³/mol. The quantitative estimate of drug-likeness (QED) is 0.653. The predicted octanol–water partition coefficient (Wildman–Crippen LogP) is 4.85. The maximum Gasteiger partial charge on any atom is 0.126 e. The van der Waals surface area contributed by atoms with E-state index in [4.69, 9.17) is 4.98 Å². The van der Waals surface area contributed by atoms with Crippen LogP contribution in [-0.2, 0) is 19.5 Å². The highest BCUT2D eigenvalue weighted by atomic mass is 19.1. The first-order valence-corrected chi connectivity index (χ1v) is 9.11. The lowest BCUT2D eigenvalue weighted by atomic mass is 9.97. The Balaban J connectivity index is 1.76. The first-order valence-electron chi connectivity index (χ1n) is 9.11. The summed E-state index contributed by atoms with van der Waals surface area (Å²) in [5.41, 5.74) is 8.34. The molecule has 26 heavy (non-hydrogen) atoms. The van der Waals surface area contributed by atoms with Crippen LogP contribution in [0.15, 0.2) is 35.3 Å². The van der Waals surface area contributed by atoms with Crippen LogP contribution in [-0.4, -0.2) is 15.8 Å². The van der Waals surface area contributed by atoms with E-state index >= 15 is 0 Å². The van der Waals surface area contributed by atoms with Gasteiger partial charge in [-0.2, -0.15) is 0 Å². The molecule has 0 fully saturated rings. The molecule has 0 radical (unpaired) electrons. The summed E-state index contributed by atoms with van der Waals surface area (Å²) in [5.74, 6) is 0.971. The number of aliphatic imine (C=N–C) groups is 1. The van der Waals surface area contributed by atoms with Crippen LogP contribution in [0, 0.1) is 19.7 Å². The fourth-order valence-electron chi connectivity index (χ4n) is 4.09. The summed E-state index contributed by atoms with van der Waals surface area (Å²) in [5, 5.41) is 0. The zero-order chi connectivity index (χ0) is 17.8. The highest BCUT2D eigenvalue weighted by Gasteiger charge is 2.25. The number of halogens is 1. The summed E-state index contributed by atoms with van der Waals surface area (Å²) in [6.07, 6.45) is 4.08. The van der Waals surface area contributed by atoms with Crippen molar-refractivity contribution in [3.8, 4) is 22.5 Å². The Morgan fingerprint density at radius 1 is 1.08 bits per heavy atom. The molecule has 0 saturated heterocycles. The molecule has 3 heterocycles. The lowest BCUT2D eigenvalue weighted by Gasteiger charge is -2.12. The lowest BCUT2D eigenvalue weighted by Crippen LogP contribution is -1.98. The smallest absolute Gasteiger partial charge is 0.126 e. The minimum Gasteiger partial charge on any atom is -0.327 e. The monoisotopic (exact) mass is 345 g/mol. The fraction of sp³-hybridized carbons (Fsp3) is 0.273. The van der Waals surface area contributed by atoms with E-state index in [1.165, 1.54) is 11.1 Å². The Morgan fingerprint density at radius 2 is 1.96 bits per heavy atom. The van der Waals surface area contributed by atoms with Crippen molar-refractivity contribution in [3.05, 3.63) is 64.2 Å². The van der Waals surface area contributed by atoms with Gasteiger partial charge in [0.2, 0.25) is 0 Å². The van der Waals surface area contributed by atoms with Crippen LogP contribution in [0.5, 0.6) is 0 Å². The number of aryl methyl sites for hydroxylation is 3. The Labute approximate surface area is 152 Å². The third kappa shape index (κ3) is 2.25. The van der Waals surface area contributed by atoms with Crippen molar-refractivity contribution in [2.45, 2.75) is 39.8 Å². The summed E-state index contributed by atoms with van der Waals surface area (Å²) in [4.78, 5) is 9.34. The second-order valence-electron chi connectivity index (χ2n) is 7.28. The maximum atomic E-state index is 14.0. The van der Waals surface area contributed by atoms with Gasteiger partial charge in [0, 0.05) is 30.3 Å². The van der Waals surface area contributed by atoms with Crippen molar-refractivity contribution in [1.82, 2.24) is 9.55 Å². The van der Waals surface area contributed by atoms with Gasteiger partial charge in [-0.05, 0) is 60.7 Å². The first kappa shape index (κ1) is 15.5. The molecule has 3 nitrogen and oxygen atoms in total. The van der Waals surface area contributed by atoms with Crippen LogP contribution in [0.25, 0.3) is 22.5 Å². The van der Waals surface area contributed by atoms with Crippen LogP contribution < -0.4 is 0 Å². The molecule has 0 saturated carbocycles. The SMILES string of the molecule is Cc1cc(-c2nc3n(c2-c2ccc4c(c2)C=NC4)CCC3)c(C)cc1F. The lowest BCUT2D eigenvalue weighted by molar-refractivity contribution is 0.617. The molecular formula is C22H20FN3. The zero-order valence-corrected chi connectivity index (χ0v) is 15.0. The number of rotatable bonds is 2. The fourth-order valence-corrected chi connectivity index (χ4v) is 4.09. The molecule has 1 aromatic heterocycles. The van der Waals surface area contributed by atoms with Crippen molar-refractivity contribution in [2.75, 3.05) is 0 Å². The number of hydrogen-bond donors (Lipinski definition) is 0. The summed E-state index contributed by atoms with van der Waals surface area (Å²) in [7, 11) is 0.